The minimum Gasteiger partial charge on any atom is -0.460 e. The molecule has 4 rings (SSSR count). The first-order valence-corrected chi connectivity index (χ1v) is 12.2. The van der Waals surface area contributed by atoms with Gasteiger partial charge in [0.1, 0.15) is 0 Å². The fourth-order valence-electron chi connectivity index (χ4n) is 4.57. The zero-order chi connectivity index (χ0) is 23.4. The molecule has 10 heteroatoms. The molecule has 1 saturated carbocycles. The normalized spacial score (nSPS) is 21.5. The number of nitrogens with zero attached hydrogens (tertiary/aromatic N) is 3. The molecule has 1 aliphatic heterocycles. The van der Waals surface area contributed by atoms with Gasteiger partial charge in [0.05, 0.1) is 11.3 Å². The predicted molar refractivity (Wildman–Crippen MR) is 119 cm³/mol. The van der Waals surface area contributed by atoms with Crippen LogP contribution in [0.1, 0.15) is 58.7 Å². The number of aromatic nitrogens is 2. The zero-order valence-corrected chi connectivity index (χ0v) is 19.5. The van der Waals surface area contributed by atoms with Crippen molar-refractivity contribution in [1.82, 2.24) is 20.2 Å². The summed E-state index contributed by atoms with van der Waals surface area (Å²) in [5.41, 5.74) is 2.23. The Hall–Kier alpha value is -2.20. The molecule has 0 bridgehead atoms. The molecule has 0 saturated heterocycles. The van der Waals surface area contributed by atoms with E-state index in [2.05, 4.69) is 20.2 Å². The summed E-state index contributed by atoms with van der Waals surface area (Å²) in [6.07, 6.45) is 3.35. The van der Waals surface area contributed by atoms with Crippen LogP contribution in [-0.4, -0.2) is 52.7 Å². The van der Waals surface area contributed by atoms with Crippen molar-refractivity contribution in [3.63, 3.8) is 0 Å². The minimum absolute atomic E-state index is 0.0463. The van der Waals surface area contributed by atoms with Gasteiger partial charge in [-0.1, -0.05) is 11.3 Å². The number of carbonyl (C=O) groups excluding carboxylic acids is 1. The molecule has 0 spiro atoms. The molecule has 1 amide bonds. The molecule has 1 N–H and O–H groups in total. The van der Waals surface area contributed by atoms with Crippen LogP contribution >= 0.6 is 11.3 Å². The lowest BCUT2D eigenvalue weighted by Crippen LogP contribution is -2.38. The van der Waals surface area contributed by atoms with Gasteiger partial charge in [-0.15, -0.1) is 0 Å². The monoisotopic (exact) mass is 482 g/mol. The first-order valence-electron chi connectivity index (χ1n) is 11.4. The highest BCUT2D eigenvalue weighted by Crippen LogP contribution is 2.32. The van der Waals surface area contributed by atoms with Gasteiger partial charge in [0.15, 0.2) is 6.61 Å². The Morgan fingerprint density at radius 2 is 2.09 bits per heavy atom. The second-order valence-electron chi connectivity index (χ2n) is 8.90. The van der Waals surface area contributed by atoms with Gasteiger partial charge >= 0.3 is 6.18 Å². The topological polar surface area (TPSA) is 67.4 Å². The molecule has 0 aromatic carbocycles. The van der Waals surface area contributed by atoms with Crippen LogP contribution in [0.25, 0.3) is 0 Å². The van der Waals surface area contributed by atoms with Crippen LogP contribution in [-0.2, 0) is 13.0 Å². The summed E-state index contributed by atoms with van der Waals surface area (Å²) in [5.74, 6) is 0.579. The number of amides is 1. The Morgan fingerprint density at radius 1 is 1.30 bits per heavy atom. The molecule has 2 aliphatic rings. The number of hydrogen-bond acceptors (Lipinski definition) is 6. The summed E-state index contributed by atoms with van der Waals surface area (Å²) in [4.78, 5) is 24.3. The molecule has 3 heterocycles. The first kappa shape index (κ1) is 23.9. The number of ether oxygens (including phenoxy) is 1. The summed E-state index contributed by atoms with van der Waals surface area (Å²) in [5, 5.41) is 3.27. The third kappa shape index (κ3) is 6.66. The van der Waals surface area contributed by atoms with Crippen molar-refractivity contribution in [2.45, 2.75) is 64.2 Å². The maximum atomic E-state index is 12.5. The predicted octanol–water partition coefficient (Wildman–Crippen LogP) is 4.52. The van der Waals surface area contributed by atoms with Crippen LogP contribution in [0.3, 0.4) is 0 Å². The molecule has 0 unspecified atom stereocenters. The first-order chi connectivity index (χ1) is 15.8. The number of nitrogens with one attached hydrogen (secondary N) is 1. The lowest BCUT2D eigenvalue weighted by molar-refractivity contribution is -0.153. The lowest BCUT2D eigenvalue weighted by atomic mass is 9.84. The van der Waals surface area contributed by atoms with E-state index in [0.29, 0.717) is 18.0 Å². The van der Waals surface area contributed by atoms with Crippen molar-refractivity contribution in [3.8, 4) is 5.19 Å². The van der Waals surface area contributed by atoms with Crippen molar-refractivity contribution < 1.29 is 22.7 Å². The van der Waals surface area contributed by atoms with Crippen LogP contribution in [0.2, 0.25) is 0 Å². The number of halogens is 3. The number of hydrogen-bond donors (Lipinski definition) is 1. The zero-order valence-electron chi connectivity index (χ0n) is 18.7. The average molecular weight is 483 g/mol. The largest absolute Gasteiger partial charge is 0.460 e. The van der Waals surface area contributed by atoms with Gasteiger partial charge in [-0.25, -0.2) is 4.98 Å². The maximum absolute atomic E-state index is 12.5. The average Bonchev–Trinajstić information content (AvgIpc) is 3.19. The number of thiazole rings is 1. The van der Waals surface area contributed by atoms with E-state index in [1.165, 1.54) is 11.3 Å². The molecule has 33 heavy (non-hydrogen) atoms. The van der Waals surface area contributed by atoms with Crippen molar-refractivity contribution in [2.75, 3.05) is 19.7 Å². The molecular weight excluding hydrogens is 453 g/mol. The molecule has 2 aromatic heterocycles. The van der Waals surface area contributed by atoms with E-state index in [-0.39, 0.29) is 17.1 Å². The number of carbonyl (C=O) groups is 1. The van der Waals surface area contributed by atoms with Crippen LogP contribution in [0.4, 0.5) is 13.2 Å². The van der Waals surface area contributed by atoms with E-state index in [1.54, 1.807) is 18.3 Å². The second-order valence-corrected chi connectivity index (χ2v) is 9.94. The summed E-state index contributed by atoms with van der Waals surface area (Å²) in [7, 11) is 0. The van der Waals surface area contributed by atoms with E-state index in [9.17, 15) is 18.0 Å². The number of alkyl halides is 3. The van der Waals surface area contributed by atoms with E-state index >= 15 is 0 Å². The Bertz CT molecular complexity index is 957. The third-order valence-electron chi connectivity index (χ3n) is 6.43. The summed E-state index contributed by atoms with van der Waals surface area (Å²) < 4.78 is 41.9. The van der Waals surface area contributed by atoms with E-state index in [1.807, 2.05) is 6.92 Å². The van der Waals surface area contributed by atoms with Crippen molar-refractivity contribution in [2.24, 2.45) is 5.92 Å². The summed E-state index contributed by atoms with van der Waals surface area (Å²) in [6.45, 7) is 3.05. The van der Waals surface area contributed by atoms with Gasteiger partial charge < -0.3 is 10.1 Å². The third-order valence-corrected chi connectivity index (χ3v) is 7.50. The smallest absolute Gasteiger partial charge is 0.422 e. The van der Waals surface area contributed by atoms with Gasteiger partial charge in [-0.3, -0.25) is 14.7 Å². The van der Waals surface area contributed by atoms with E-state index in [0.717, 1.165) is 67.9 Å². The highest BCUT2D eigenvalue weighted by atomic mass is 32.1. The summed E-state index contributed by atoms with van der Waals surface area (Å²) >= 11 is 1.23. The quantitative estimate of drug-likeness (QED) is 0.628. The van der Waals surface area contributed by atoms with Gasteiger partial charge in [-0.05, 0) is 70.0 Å². The maximum Gasteiger partial charge on any atom is 0.422 e. The van der Waals surface area contributed by atoms with Gasteiger partial charge in [0.2, 0.25) is 0 Å². The Kier molecular flexibility index (Phi) is 7.53. The molecule has 180 valence electrons. The molecule has 0 atom stereocenters. The van der Waals surface area contributed by atoms with Gasteiger partial charge in [-0.2, -0.15) is 13.2 Å². The fraction of sp³-hybridized carbons (Fsp3) is 0.609. The van der Waals surface area contributed by atoms with E-state index in [4.69, 9.17) is 4.74 Å². The summed E-state index contributed by atoms with van der Waals surface area (Å²) in [6, 6.07) is 3.79. The Morgan fingerprint density at radius 3 is 2.82 bits per heavy atom. The minimum atomic E-state index is -4.35. The van der Waals surface area contributed by atoms with Crippen LogP contribution in [0, 0.1) is 12.8 Å². The molecule has 1 aliphatic carbocycles. The van der Waals surface area contributed by atoms with Gasteiger partial charge in [0, 0.05) is 35.9 Å². The Labute approximate surface area is 195 Å². The lowest BCUT2D eigenvalue weighted by Gasteiger charge is -2.32. The van der Waals surface area contributed by atoms with Crippen molar-refractivity contribution in [3.05, 3.63) is 40.2 Å². The van der Waals surface area contributed by atoms with E-state index < -0.39 is 12.8 Å². The fourth-order valence-corrected chi connectivity index (χ4v) is 5.48. The number of rotatable bonds is 7. The molecule has 2 aromatic rings. The molecule has 0 radical (unpaired) electrons. The second kappa shape index (κ2) is 10.4. The highest BCUT2D eigenvalue weighted by molar-refractivity contribution is 7.13. The standard InChI is InChI=1S/C23H29F3N4O2S/c1-15-18(3-2-10-27-15)21(31)28-17-6-4-16(5-7-17)8-11-30-12-9-20-19(13-30)29-22(33-20)32-14-23(24,25)26/h2-3,10,16-17H,4-9,11-14H2,1H3,(H,28,31). The Balaban J connectivity index is 1.18. The number of aryl methyl sites for hydroxylation is 1. The molecule has 1 fully saturated rings. The van der Waals surface area contributed by atoms with Gasteiger partial charge in [0.25, 0.3) is 11.1 Å². The van der Waals surface area contributed by atoms with Crippen LogP contribution in [0.15, 0.2) is 18.3 Å². The van der Waals surface area contributed by atoms with Crippen LogP contribution in [0.5, 0.6) is 5.19 Å². The van der Waals surface area contributed by atoms with Crippen molar-refractivity contribution in [1.29, 1.82) is 0 Å². The van der Waals surface area contributed by atoms with Crippen molar-refractivity contribution >= 4 is 17.2 Å². The number of pyridine rings is 1. The molecule has 6 nitrogen and oxygen atoms in total. The SMILES string of the molecule is Cc1ncccc1C(=O)NC1CCC(CCN2CCc3sc(OCC(F)(F)F)nc3C2)CC1. The highest BCUT2D eigenvalue weighted by Gasteiger charge is 2.30. The van der Waals surface area contributed by atoms with Crippen LogP contribution < -0.4 is 10.1 Å². The number of fused-ring (bicyclic) bond motifs is 1. The molecular formula is C23H29F3N4O2S.